The van der Waals surface area contributed by atoms with Gasteiger partial charge in [-0.1, -0.05) is 53.4 Å². The highest BCUT2D eigenvalue weighted by atomic mass is 31.3. The second-order valence-electron chi connectivity index (χ2n) is 24.5. The average molecular weight is 1810 g/mol. The SMILES string of the molecule is C=CCOC(COc1cccc(C(=O)CCCC(C)=O)c1)OCC(=O)NC/C=C/c1cn([C@@H]2C[C@@H](OC)C(COP(=O)(O)OP(=O)(O)OP(=O)(O)O)O2)c(=O)nc1N.CO[C@@H]1C[C@@H](n2cc(C#CCNC(=O)COCCOC(COc3cccc(C(=O)NCCCC(C)=O)c3)N=[N+]=[N-])c(N)nc2=O)OC1COP(=O)(O)OP(=O)(O)OP(=O)(O)O. The fourth-order valence-electron chi connectivity index (χ4n) is 10.0. The van der Waals surface area contributed by atoms with Crippen LogP contribution in [0.5, 0.6) is 11.5 Å². The number of carbonyl (C=O) groups excluding carboxylic acids is 6. The second-order valence-corrected chi connectivity index (χ2v) is 33.3. The Hall–Kier alpha value is -8.33. The predicted octanol–water partition coefficient (Wildman–Crippen LogP) is 2.95. The van der Waals surface area contributed by atoms with E-state index in [1.54, 1.807) is 42.5 Å². The summed E-state index contributed by atoms with van der Waals surface area (Å²) in [5.41, 5.74) is 20.0. The highest BCUT2D eigenvalue weighted by Gasteiger charge is 2.46. The second kappa shape index (κ2) is 48.9. The number of phosphoric ester groups is 2. The number of nitrogens with two attached hydrogens (primary N) is 2. The van der Waals surface area contributed by atoms with Crippen LogP contribution in [0.2, 0.25) is 0 Å². The predicted molar refractivity (Wildman–Crippen MR) is 407 cm³/mol. The van der Waals surface area contributed by atoms with Crippen molar-refractivity contribution in [1.82, 2.24) is 35.1 Å². The molecule has 658 valence electrons. The number of methoxy groups -OCH3 is 2. The molecule has 2 fully saturated rings. The molecule has 119 heavy (non-hydrogen) atoms. The van der Waals surface area contributed by atoms with Crippen molar-refractivity contribution >= 4 is 99.7 Å². The number of nitrogens with zero attached hydrogens (tertiary/aromatic N) is 7. The molecule has 0 saturated carbocycles. The molecule has 12 atom stereocenters. The van der Waals surface area contributed by atoms with E-state index in [0.717, 1.165) is 9.13 Å². The zero-order valence-corrected chi connectivity index (χ0v) is 68.9. The Morgan fingerprint density at radius 1 is 0.681 bits per heavy atom. The molecular weight excluding hydrogens is 1720 g/mol. The molecule has 2 aliphatic heterocycles. The number of ether oxygens (including phenoxy) is 10. The van der Waals surface area contributed by atoms with Crippen molar-refractivity contribution in [3.8, 4) is 23.3 Å². The Morgan fingerprint density at radius 3 is 1.77 bits per heavy atom. The molecule has 56 heteroatoms. The van der Waals surface area contributed by atoms with Gasteiger partial charge in [-0.05, 0) is 62.6 Å². The van der Waals surface area contributed by atoms with Crippen LogP contribution in [-0.4, -0.2) is 224 Å². The van der Waals surface area contributed by atoms with Gasteiger partial charge in [-0.3, -0.25) is 37.4 Å². The maximum Gasteiger partial charge on any atom is 0.490 e. The van der Waals surface area contributed by atoms with Gasteiger partial charge in [0.2, 0.25) is 11.8 Å². The number of nitrogens with one attached hydrogen (secondary N) is 3. The zero-order valence-electron chi connectivity index (χ0n) is 63.6. The monoisotopic (exact) mass is 1810 g/mol. The molecule has 0 aliphatic carbocycles. The average Bonchev–Trinajstić information content (AvgIpc) is 1.68. The Labute approximate surface area is 675 Å². The van der Waals surface area contributed by atoms with Crippen molar-refractivity contribution in [2.45, 2.75) is 108 Å². The van der Waals surface area contributed by atoms with Gasteiger partial charge in [-0.2, -0.15) is 27.2 Å². The summed E-state index contributed by atoms with van der Waals surface area (Å²) in [6.07, 6.45) is 0.313. The summed E-state index contributed by atoms with van der Waals surface area (Å²) in [4.78, 5) is 181. The van der Waals surface area contributed by atoms with Gasteiger partial charge in [-0.15, -0.1) is 6.58 Å². The molecule has 2 saturated heterocycles. The molecule has 0 spiro atoms. The number of hydrogen-bond acceptors (Lipinski definition) is 35. The lowest BCUT2D eigenvalue weighted by Crippen LogP contribution is -2.33. The van der Waals surface area contributed by atoms with Crippen molar-refractivity contribution in [3.63, 3.8) is 0 Å². The van der Waals surface area contributed by atoms with Crippen LogP contribution in [0.15, 0.2) is 94.4 Å². The molecule has 15 N–H and O–H groups in total. The molecule has 0 radical (unpaired) electrons. The first kappa shape index (κ1) is 101. The third kappa shape index (κ3) is 38.9. The van der Waals surface area contributed by atoms with Crippen molar-refractivity contribution in [2.24, 2.45) is 5.11 Å². The van der Waals surface area contributed by atoms with Gasteiger partial charge in [0.15, 0.2) is 18.3 Å². The zero-order chi connectivity index (χ0) is 88.3. The highest BCUT2D eigenvalue weighted by Crippen LogP contribution is 2.67. The Kier molecular flexibility index (Phi) is 41.6. The number of aromatic nitrogens is 4. The molecule has 4 heterocycles. The van der Waals surface area contributed by atoms with Crippen LogP contribution in [0.1, 0.15) is 103 Å². The largest absolute Gasteiger partial charge is 0.491 e. The maximum atomic E-state index is 12.7. The summed E-state index contributed by atoms with van der Waals surface area (Å²) in [6, 6.07) is 12.8. The van der Waals surface area contributed by atoms with E-state index >= 15 is 0 Å². The lowest BCUT2D eigenvalue weighted by molar-refractivity contribution is -0.162. The molecule has 6 rings (SSSR count). The minimum atomic E-state index is -5.76. The Bertz CT molecular complexity index is 4740. The van der Waals surface area contributed by atoms with Crippen molar-refractivity contribution in [1.29, 1.82) is 0 Å². The number of benzene rings is 2. The first-order valence-corrected chi connectivity index (χ1v) is 43.7. The van der Waals surface area contributed by atoms with Gasteiger partial charge in [-0.25, -0.2) is 37.0 Å². The normalized spacial score (nSPS) is 19.1. The van der Waals surface area contributed by atoms with E-state index in [2.05, 4.69) is 80.7 Å². The van der Waals surface area contributed by atoms with Gasteiger partial charge in [0, 0.05) is 93.4 Å². The molecule has 2 aliphatic rings. The van der Waals surface area contributed by atoms with Crippen LogP contribution in [0, 0.1) is 11.8 Å². The molecule has 8 unspecified atom stereocenters. The van der Waals surface area contributed by atoms with Crippen LogP contribution in [0.3, 0.4) is 0 Å². The number of nitrogen functional groups attached to an aromatic ring is 2. The molecular formula is C63H88N12O38P6. The Morgan fingerprint density at radius 2 is 1.22 bits per heavy atom. The summed E-state index contributed by atoms with van der Waals surface area (Å²) in [7, 11) is -31.1. The first-order valence-electron chi connectivity index (χ1n) is 34.6. The quantitative estimate of drug-likeness (QED) is 0.00348. The molecule has 50 nitrogen and oxygen atoms in total. The van der Waals surface area contributed by atoms with Gasteiger partial charge in [0.05, 0.1) is 57.4 Å². The number of amides is 3. The molecule has 4 aromatic rings. The van der Waals surface area contributed by atoms with Crippen LogP contribution in [0.25, 0.3) is 16.5 Å². The van der Waals surface area contributed by atoms with Crippen LogP contribution in [0.4, 0.5) is 11.6 Å². The van der Waals surface area contributed by atoms with E-state index < -0.39 is 146 Å². The Balaban J connectivity index is 0.000000424. The number of ketones is 3. The molecule has 2 aromatic carbocycles. The first-order chi connectivity index (χ1) is 55.9. The van der Waals surface area contributed by atoms with Gasteiger partial charge in [0.25, 0.3) is 5.91 Å². The standard InChI is InChI=1S/C32H45N4O19P3.C31H43N8O19P3/c1-4-14-49-30(20-50-24-11-6-9-22(15-24)25(38)12-5-8-21(2)37)51-19-28(39)34-13-7-10-23-17-36(32(40)35-31(23)33)29-16-26(48-3)27(53-29)18-52-57(44,45)55-58(46,47)54-56(41,42)43;1-20(40)6-4-11-35-30(42)21-7-3-9-23(14-21)54-19-27(37-38-33)53-13-12-52-18-26(41)34-10-5-8-22-16-39(31(43)36-29(22)32)28-15-24(51-2)25(56-28)17-55-60(47,48)58-61(49,50)57-59(44,45)46/h4,6-7,9-11,15,17,26-27,29-30H,1,5,8,12-14,16,18-20H2,2-3H3,(H,34,39)(H,44,45)(H,46,47)(H2,33,35,40)(H2,41,42,43);3,7,9,14,16,24-25,27-28H,4,6,10-13,15,17-19H2,1-2H3,(H,34,41)(H,35,42)(H,47,48)(H,49,50)(H2,32,36,43)(H2,44,45,46)/b10-7+;/t26-,27?,29+,30?;24-,25?,27?,28+/m11/s1. The number of rotatable bonds is 51. The minimum absolute atomic E-state index is 0.00608. The fourth-order valence-corrected chi connectivity index (χ4v) is 16.1. The fraction of sp³-hybridized carbons (Fsp3) is 0.492. The maximum absolute atomic E-state index is 12.7. The third-order valence-corrected chi connectivity index (χ3v) is 22.8. The highest BCUT2D eigenvalue weighted by molar-refractivity contribution is 7.67. The smallest absolute Gasteiger partial charge is 0.490 e. The lowest BCUT2D eigenvalue weighted by Gasteiger charge is -2.20. The van der Waals surface area contributed by atoms with E-state index in [9.17, 15) is 85.3 Å². The third-order valence-electron chi connectivity index (χ3n) is 15.2. The van der Waals surface area contributed by atoms with Gasteiger partial charge >= 0.3 is 58.3 Å². The van der Waals surface area contributed by atoms with E-state index in [4.69, 9.17) is 83.9 Å². The number of azide groups is 1. The summed E-state index contributed by atoms with van der Waals surface area (Å²) in [6.45, 7) is 3.77. The number of hydrogen-bond donors (Lipinski definition) is 13. The van der Waals surface area contributed by atoms with E-state index in [1.807, 2.05) is 0 Å². The van der Waals surface area contributed by atoms with E-state index in [0.29, 0.717) is 54.9 Å². The summed E-state index contributed by atoms with van der Waals surface area (Å²) < 4.78 is 151. The number of phosphoric acid groups is 6. The minimum Gasteiger partial charge on any atom is -0.491 e. The van der Waals surface area contributed by atoms with E-state index in [-0.39, 0.29) is 111 Å². The van der Waals surface area contributed by atoms with E-state index in [1.165, 1.54) is 64.8 Å². The summed E-state index contributed by atoms with van der Waals surface area (Å²) in [5.74, 6) is 4.01. The van der Waals surface area contributed by atoms with Gasteiger partial charge in [0.1, 0.15) is 85.8 Å². The van der Waals surface area contributed by atoms with Crippen molar-refractivity contribution in [2.75, 3.05) is 105 Å². The van der Waals surface area contributed by atoms with Crippen LogP contribution in [-0.2, 0) is 111 Å². The topological polar surface area (TPSA) is 721 Å². The summed E-state index contributed by atoms with van der Waals surface area (Å²) >= 11 is 0. The molecule has 2 aromatic heterocycles. The summed E-state index contributed by atoms with van der Waals surface area (Å²) in [5, 5.41) is 11.3. The van der Waals surface area contributed by atoms with Crippen molar-refractivity contribution in [3.05, 3.63) is 133 Å². The molecule has 0 bridgehead atoms. The van der Waals surface area contributed by atoms with Crippen LogP contribution < -0.4 is 48.3 Å². The lowest BCUT2D eigenvalue weighted by atomic mass is 10.0. The number of carbonyl (C=O) groups is 6. The van der Waals surface area contributed by atoms with Gasteiger partial charge < -0.3 is 124 Å². The van der Waals surface area contributed by atoms with Crippen LogP contribution >= 0.6 is 46.9 Å². The number of Topliss-reactive ketones (excluding diaryl/α,β-unsaturated/α-hetero) is 3. The van der Waals surface area contributed by atoms with Crippen molar-refractivity contribution < 1.29 is 169 Å². The molecule has 3 amide bonds. The number of anilines is 2.